The highest BCUT2D eigenvalue weighted by atomic mass is 32.2. The number of nitrogens with one attached hydrogen (secondary N) is 1. The zero-order chi connectivity index (χ0) is 15.6. The van der Waals surface area contributed by atoms with Crippen molar-refractivity contribution in [3.8, 4) is 0 Å². The van der Waals surface area contributed by atoms with Crippen molar-refractivity contribution in [3.05, 3.63) is 28.3 Å². The quantitative estimate of drug-likeness (QED) is 0.636. The van der Waals surface area contributed by atoms with E-state index in [1.165, 1.54) is 25.3 Å². The molecule has 0 spiro atoms. The summed E-state index contributed by atoms with van der Waals surface area (Å²) >= 11 is 0. The number of para-hydroxylation sites is 1. The molecule has 0 fully saturated rings. The molecule has 0 radical (unpaired) electrons. The monoisotopic (exact) mass is 302 g/mol. The van der Waals surface area contributed by atoms with Crippen LogP contribution < -0.4 is 5.32 Å². The molecule has 1 aromatic rings. The maximum absolute atomic E-state index is 11.6. The third-order valence-electron chi connectivity index (χ3n) is 2.84. The van der Waals surface area contributed by atoms with Gasteiger partial charge in [0.25, 0.3) is 0 Å². The Balaban J connectivity index is 3.25. The lowest BCUT2D eigenvalue weighted by Gasteiger charge is -2.23. The third kappa shape index (κ3) is 3.91. The molecular formula is C12H18N2O5S. The molecular weight excluding hydrogens is 284 g/mol. The van der Waals surface area contributed by atoms with Gasteiger partial charge in [0.15, 0.2) is 9.84 Å². The van der Waals surface area contributed by atoms with Crippen molar-refractivity contribution >= 4 is 21.2 Å². The largest absolute Gasteiger partial charge is 0.377 e. The maximum atomic E-state index is 11.6. The van der Waals surface area contributed by atoms with Gasteiger partial charge in [0.05, 0.1) is 10.5 Å². The minimum absolute atomic E-state index is 0.156. The van der Waals surface area contributed by atoms with E-state index in [9.17, 15) is 18.5 Å². The summed E-state index contributed by atoms with van der Waals surface area (Å²) in [5, 5.41) is 14.0. The first-order chi connectivity index (χ1) is 9.08. The number of ether oxygens (including phenoxy) is 1. The van der Waals surface area contributed by atoms with E-state index in [-0.39, 0.29) is 10.6 Å². The average molecular weight is 302 g/mol. The first-order valence-corrected chi connectivity index (χ1v) is 7.74. The highest BCUT2D eigenvalue weighted by Crippen LogP contribution is 2.32. The van der Waals surface area contributed by atoms with E-state index < -0.39 is 26.0 Å². The van der Waals surface area contributed by atoms with Gasteiger partial charge in [-0.25, -0.2) is 8.42 Å². The lowest BCUT2D eigenvalue weighted by molar-refractivity contribution is -0.386. The van der Waals surface area contributed by atoms with Gasteiger partial charge < -0.3 is 10.1 Å². The van der Waals surface area contributed by atoms with Crippen LogP contribution in [-0.2, 0) is 14.6 Å². The van der Waals surface area contributed by atoms with E-state index >= 15 is 0 Å². The highest BCUT2D eigenvalue weighted by molar-refractivity contribution is 7.90. The SMILES string of the molecule is COC(C)(C)CNc1cccc(S(C)(=O)=O)c1[N+](=O)[O-]. The van der Waals surface area contributed by atoms with Crippen LogP contribution in [0.2, 0.25) is 0 Å². The Hall–Kier alpha value is -1.67. The molecule has 112 valence electrons. The molecule has 7 nitrogen and oxygen atoms in total. The molecule has 0 aromatic heterocycles. The molecule has 0 unspecified atom stereocenters. The molecule has 8 heteroatoms. The summed E-state index contributed by atoms with van der Waals surface area (Å²) in [5.41, 5.74) is -0.820. The van der Waals surface area contributed by atoms with Crippen LogP contribution in [-0.4, -0.2) is 38.9 Å². The number of anilines is 1. The number of sulfone groups is 1. The number of benzene rings is 1. The fourth-order valence-corrected chi connectivity index (χ4v) is 2.39. The van der Waals surface area contributed by atoms with Crippen LogP contribution in [0.5, 0.6) is 0 Å². The van der Waals surface area contributed by atoms with Crippen LogP contribution >= 0.6 is 0 Å². The molecule has 0 aliphatic carbocycles. The van der Waals surface area contributed by atoms with Gasteiger partial charge in [0.2, 0.25) is 0 Å². The summed E-state index contributed by atoms with van der Waals surface area (Å²) in [7, 11) is -2.14. The number of hydrogen-bond acceptors (Lipinski definition) is 6. The predicted octanol–water partition coefficient (Wildman–Crippen LogP) is 1.84. The second-order valence-corrected chi connectivity index (χ2v) is 6.98. The summed E-state index contributed by atoms with van der Waals surface area (Å²) in [6.45, 7) is 3.93. The number of nitrogens with zero attached hydrogens (tertiary/aromatic N) is 1. The fourth-order valence-electron chi connectivity index (χ4n) is 1.53. The summed E-state index contributed by atoms with van der Waals surface area (Å²) in [5.74, 6) is 0. The van der Waals surface area contributed by atoms with Crippen LogP contribution in [0, 0.1) is 10.1 Å². The molecule has 1 aromatic carbocycles. The normalized spacial score (nSPS) is 12.2. The van der Waals surface area contributed by atoms with Gasteiger partial charge in [-0.1, -0.05) is 6.07 Å². The molecule has 1 N–H and O–H groups in total. The van der Waals surface area contributed by atoms with Gasteiger partial charge in [0, 0.05) is 19.9 Å². The van der Waals surface area contributed by atoms with Crippen LogP contribution in [0.3, 0.4) is 0 Å². The zero-order valence-corrected chi connectivity index (χ0v) is 12.7. The lowest BCUT2D eigenvalue weighted by Crippen LogP contribution is -2.32. The van der Waals surface area contributed by atoms with Gasteiger partial charge in [-0.2, -0.15) is 0 Å². The van der Waals surface area contributed by atoms with Crippen molar-refractivity contribution in [3.63, 3.8) is 0 Å². The summed E-state index contributed by atoms with van der Waals surface area (Å²) in [6, 6.07) is 4.16. The van der Waals surface area contributed by atoms with E-state index in [1.54, 1.807) is 0 Å². The van der Waals surface area contributed by atoms with Gasteiger partial charge in [-0.05, 0) is 26.0 Å². The van der Waals surface area contributed by atoms with Gasteiger partial charge in [-0.15, -0.1) is 0 Å². The molecule has 0 aliphatic rings. The molecule has 20 heavy (non-hydrogen) atoms. The van der Waals surface area contributed by atoms with E-state index in [0.29, 0.717) is 6.54 Å². The van der Waals surface area contributed by atoms with Crippen molar-refractivity contribution in [1.82, 2.24) is 0 Å². The maximum Gasteiger partial charge on any atom is 0.310 e. The van der Waals surface area contributed by atoms with Crippen LogP contribution in [0.15, 0.2) is 23.1 Å². The smallest absolute Gasteiger partial charge is 0.310 e. The first kappa shape index (κ1) is 16.4. The number of hydrogen-bond donors (Lipinski definition) is 1. The Morgan fingerprint density at radius 3 is 2.45 bits per heavy atom. The van der Waals surface area contributed by atoms with E-state index in [0.717, 1.165) is 6.26 Å². The van der Waals surface area contributed by atoms with E-state index in [1.807, 2.05) is 13.8 Å². The highest BCUT2D eigenvalue weighted by Gasteiger charge is 2.27. The summed E-state index contributed by atoms with van der Waals surface area (Å²) in [4.78, 5) is 10.2. The number of nitro benzene ring substituents is 1. The average Bonchev–Trinajstić information content (AvgIpc) is 2.34. The first-order valence-electron chi connectivity index (χ1n) is 5.85. The molecule has 1 rings (SSSR count). The Morgan fingerprint density at radius 2 is 2.00 bits per heavy atom. The Bertz CT molecular complexity index is 610. The molecule has 0 atom stereocenters. The van der Waals surface area contributed by atoms with E-state index in [2.05, 4.69) is 5.32 Å². The molecule has 0 amide bonds. The number of rotatable bonds is 6. The van der Waals surface area contributed by atoms with E-state index in [4.69, 9.17) is 4.74 Å². The van der Waals surface area contributed by atoms with Gasteiger partial charge >= 0.3 is 5.69 Å². The van der Waals surface area contributed by atoms with Crippen molar-refractivity contribution < 1.29 is 18.1 Å². The van der Waals surface area contributed by atoms with Crippen LogP contribution in [0.25, 0.3) is 0 Å². The van der Waals surface area contributed by atoms with Crippen molar-refractivity contribution in [2.45, 2.75) is 24.3 Å². The molecule has 0 heterocycles. The predicted molar refractivity (Wildman–Crippen MR) is 75.8 cm³/mol. The number of methoxy groups -OCH3 is 1. The number of nitro groups is 1. The Morgan fingerprint density at radius 1 is 1.40 bits per heavy atom. The molecule has 0 aliphatic heterocycles. The zero-order valence-electron chi connectivity index (χ0n) is 11.8. The molecule has 0 saturated heterocycles. The van der Waals surface area contributed by atoms with Gasteiger partial charge in [0.1, 0.15) is 10.6 Å². The minimum atomic E-state index is -3.67. The van der Waals surface area contributed by atoms with Crippen LogP contribution in [0.4, 0.5) is 11.4 Å². The standard InChI is InChI=1S/C12H18N2O5S/c1-12(2,19-3)8-13-9-6-5-7-10(20(4,17)18)11(9)14(15)16/h5-7,13H,8H2,1-4H3. The Kier molecular flexibility index (Phi) is 4.72. The Labute approximate surface area is 118 Å². The second-order valence-electron chi connectivity index (χ2n) is 5.00. The lowest BCUT2D eigenvalue weighted by atomic mass is 10.1. The summed E-state index contributed by atoms with van der Waals surface area (Å²) < 4.78 is 28.4. The minimum Gasteiger partial charge on any atom is -0.377 e. The van der Waals surface area contributed by atoms with Crippen molar-refractivity contribution in [1.29, 1.82) is 0 Å². The molecule has 0 bridgehead atoms. The third-order valence-corrected chi connectivity index (χ3v) is 3.97. The van der Waals surface area contributed by atoms with Crippen LogP contribution in [0.1, 0.15) is 13.8 Å². The fraction of sp³-hybridized carbons (Fsp3) is 0.500. The topological polar surface area (TPSA) is 98.5 Å². The van der Waals surface area contributed by atoms with Crippen molar-refractivity contribution in [2.75, 3.05) is 25.2 Å². The van der Waals surface area contributed by atoms with Gasteiger partial charge in [-0.3, -0.25) is 10.1 Å². The summed E-state index contributed by atoms with van der Waals surface area (Å²) in [6.07, 6.45) is 0.943. The van der Waals surface area contributed by atoms with Crippen molar-refractivity contribution in [2.24, 2.45) is 0 Å². The molecule has 0 saturated carbocycles. The second kappa shape index (κ2) is 5.76.